The van der Waals surface area contributed by atoms with Crippen molar-refractivity contribution in [2.45, 2.75) is 10.8 Å². The van der Waals surface area contributed by atoms with Crippen LogP contribution < -0.4 is 4.90 Å². The van der Waals surface area contributed by atoms with Gasteiger partial charge in [0.1, 0.15) is 0 Å². The molecule has 4 aliphatic carbocycles. The van der Waals surface area contributed by atoms with Gasteiger partial charge in [-0.2, -0.15) is 0 Å². The van der Waals surface area contributed by atoms with Crippen molar-refractivity contribution in [2.24, 2.45) is 0 Å². The number of para-hydroxylation sites is 1. The molecule has 0 amide bonds. The lowest BCUT2D eigenvalue weighted by Crippen LogP contribution is -2.26. The Morgan fingerprint density at radius 2 is 0.524 bits per heavy atom. The van der Waals surface area contributed by atoms with Crippen molar-refractivity contribution in [1.29, 1.82) is 0 Å². The van der Waals surface area contributed by atoms with Crippen LogP contribution in [-0.4, -0.2) is 0 Å². The van der Waals surface area contributed by atoms with Gasteiger partial charge < -0.3 is 4.90 Å². The molecule has 63 heavy (non-hydrogen) atoms. The van der Waals surface area contributed by atoms with Crippen LogP contribution in [0.3, 0.4) is 0 Å². The second kappa shape index (κ2) is 12.8. The monoisotopic (exact) mass is 837 g/mol. The molecule has 0 saturated heterocycles. The fraction of sp³-hybridized carbons (Fsp3) is 0.0323. The van der Waals surface area contributed by atoms with Crippen LogP contribution in [0.5, 0.6) is 0 Å². The molecule has 0 aliphatic heterocycles. The van der Waals surface area contributed by atoms with E-state index in [0.29, 0.717) is 4.90 Å². The fourth-order valence-corrected chi connectivity index (χ4v) is 9.73. The van der Waals surface area contributed by atoms with Crippen LogP contribution >= 0.6 is 0 Å². The van der Waals surface area contributed by atoms with Gasteiger partial charge in [0.25, 0.3) is 0 Å². The highest BCUT2D eigenvalue weighted by Crippen LogP contribution is 2.67. The SMILES string of the molecule is [2H]c1c([2H])c([2H])c(-c2c([2H])c([2H])c([2H])c([2H])c2N(c2c([2H])c([2H])c([2H])c3c2-c2c([2H])c([2H])c([2H])c([2H])c2C32c3c([2H])c([2H])c([2H])c([2H])c3-c3c([2H])c([2H])c([2H])c([2H])c32)c2c([2H])c([2H])c([2H])c3c2-c2c([2H])c([2H])c([2H])c([2H])c2C32c3c([2H])c([2H])c([2H])c([2H])c3-c3c([2H])c([2H])c([2H])c([2H])c32)c([2H])c1[2H]. The lowest BCUT2D eigenvalue weighted by atomic mass is 9.70. The summed E-state index contributed by atoms with van der Waals surface area (Å²) in [6, 6.07) is -47.2. The number of rotatable bonds is 4. The Balaban J connectivity index is 1.36. The highest BCUT2D eigenvalue weighted by molar-refractivity contribution is 6.06. The van der Waals surface area contributed by atoms with Crippen LogP contribution in [0.4, 0.5) is 17.1 Å². The molecule has 0 atom stereocenters. The van der Waals surface area contributed by atoms with Crippen molar-refractivity contribution in [2.75, 3.05) is 4.90 Å². The third kappa shape index (κ3) is 4.27. The Labute approximate surface area is 422 Å². The third-order valence-corrected chi connectivity index (χ3v) is 11.9. The summed E-state index contributed by atoms with van der Waals surface area (Å²) in [5, 5.41) is 0. The summed E-state index contributed by atoms with van der Waals surface area (Å²) in [4.78, 5) is 0.328. The quantitative estimate of drug-likeness (QED) is 0.171. The molecule has 0 saturated carbocycles. The minimum atomic E-state index is -3.23. The summed E-state index contributed by atoms with van der Waals surface area (Å²) in [6.45, 7) is 0. The first-order chi connectivity index (χ1) is 47.5. The average Bonchev–Trinajstić information content (AvgIpc) is 1.47. The first-order valence-electron chi connectivity index (χ1n) is 38.4. The number of benzene rings is 10. The average molecular weight is 837 g/mol. The van der Waals surface area contributed by atoms with E-state index in [1.807, 2.05) is 0 Å². The Morgan fingerprint density at radius 1 is 0.238 bits per heavy atom. The molecule has 292 valence electrons. The van der Waals surface area contributed by atoms with Crippen LogP contribution in [0, 0.1) is 0 Å². The van der Waals surface area contributed by atoms with E-state index in [9.17, 15) is 43.9 Å². The first kappa shape index (κ1) is 14.0. The van der Waals surface area contributed by atoms with Crippen molar-refractivity contribution in [3.05, 3.63) is 280 Å². The highest BCUT2D eigenvalue weighted by Gasteiger charge is 2.54. The normalized spacial score (nSPS) is 23.0. The van der Waals surface area contributed by atoms with Gasteiger partial charge in [0.05, 0.1) is 81.4 Å². The van der Waals surface area contributed by atoms with Gasteiger partial charge in [-0.15, -0.1) is 0 Å². The van der Waals surface area contributed by atoms with E-state index in [0.717, 1.165) is 0 Å². The van der Waals surface area contributed by atoms with Crippen LogP contribution in [-0.2, 0) is 10.8 Å². The number of hydrogen-bond donors (Lipinski definition) is 0. The maximum absolute atomic E-state index is 10.5. The van der Waals surface area contributed by atoms with E-state index in [2.05, 4.69) is 0 Å². The molecule has 0 bridgehead atoms. The minimum absolute atomic E-state index is 0.328. The fourth-order valence-electron chi connectivity index (χ4n) is 9.73. The molecule has 0 aromatic heterocycles. The smallest absolute Gasteiger partial charge is 0.0726 e. The van der Waals surface area contributed by atoms with E-state index < -0.39 is 364 Å². The van der Waals surface area contributed by atoms with Crippen molar-refractivity contribution in [3.8, 4) is 55.6 Å². The van der Waals surface area contributed by atoms with Crippen LogP contribution in [0.25, 0.3) is 55.6 Å². The summed E-state index contributed by atoms with van der Waals surface area (Å²) in [5.74, 6) is 0. The molecular weight excluding hydrogens is 759 g/mol. The maximum Gasteiger partial charge on any atom is 0.0726 e. The number of fused-ring (bicyclic) bond motifs is 20. The van der Waals surface area contributed by atoms with Gasteiger partial charge in [-0.1, -0.05) is 218 Å². The topological polar surface area (TPSA) is 3.24 Å². The van der Waals surface area contributed by atoms with Gasteiger partial charge in [-0.05, 0) is 102 Å². The van der Waals surface area contributed by atoms with E-state index in [4.69, 9.17) is 9.60 Å². The molecule has 2 spiro atoms. The Morgan fingerprint density at radius 3 is 0.937 bits per heavy atom. The molecule has 10 aromatic carbocycles. The Bertz CT molecular complexity index is 5380. The van der Waals surface area contributed by atoms with E-state index in [1.54, 1.807) is 0 Å². The van der Waals surface area contributed by atoms with Crippen LogP contribution in [0.1, 0.15) is 98.0 Å². The van der Waals surface area contributed by atoms with E-state index in [-0.39, 0.29) is 0 Å². The zero-order valence-corrected chi connectivity index (χ0v) is 31.4. The van der Waals surface area contributed by atoms with Gasteiger partial charge >= 0.3 is 0 Å². The molecule has 1 heteroatoms. The second-order valence-corrected chi connectivity index (χ2v) is 14.5. The zero-order valence-electron chi connectivity index (χ0n) is 70.4. The molecule has 0 heterocycles. The van der Waals surface area contributed by atoms with Crippen LogP contribution in [0.15, 0.2) is 236 Å². The Kier molecular flexibility index (Phi) is 2.84. The standard InChI is InChI=1S/C62H39N/c1-2-20-40(21-3-1)41-22-10-17-37-56(41)63(57-38-18-35-54-59(57)46-27-8-15-33-52(46)61(54)48-29-11-4-23-42(48)43-24-5-12-30-49(43)61)58-39-19-36-55-60(58)47-28-9-16-34-53(47)62(55)50-31-13-6-25-44(50)45-26-7-14-32-51(45)62/h1-39H/i1D,2D,3D,4D,5D,6D,7D,8D,9D,10D,11D,12D,13D,14D,15D,16D,17D,18D,19D,20D,21D,22D,23D,24D,25D,26D,27D,28D,29D,30D,31D,32D,33D,34D,35D,36D,37D,38D,39D. The lowest BCUT2D eigenvalue weighted by molar-refractivity contribution is 0.793. The molecular formula is C62H39N. The van der Waals surface area contributed by atoms with Gasteiger partial charge in [-0.25, -0.2) is 0 Å². The van der Waals surface area contributed by atoms with Crippen molar-refractivity contribution in [1.82, 2.24) is 0 Å². The predicted octanol–water partition coefficient (Wildman–Crippen LogP) is 15.5. The summed E-state index contributed by atoms with van der Waals surface area (Å²) >= 11 is 0. The second-order valence-electron chi connectivity index (χ2n) is 14.5. The van der Waals surface area contributed by atoms with Gasteiger partial charge in [0.15, 0.2) is 0 Å². The number of nitrogens with zero attached hydrogens (tertiary/aromatic N) is 1. The summed E-state index contributed by atoms with van der Waals surface area (Å²) in [7, 11) is 0. The number of hydrogen-bond acceptors (Lipinski definition) is 1. The third-order valence-electron chi connectivity index (χ3n) is 11.9. The lowest BCUT2D eigenvalue weighted by Gasteiger charge is -2.34. The van der Waals surface area contributed by atoms with Crippen molar-refractivity contribution < 1.29 is 53.5 Å². The van der Waals surface area contributed by atoms with Crippen molar-refractivity contribution >= 4 is 17.1 Å². The predicted molar refractivity (Wildman–Crippen MR) is 259 cm³/mol. The molecule has 14 rings (SSSR count). The summed E-state index contributed by atoms with van der Waals surface area (Å²) < 4.78 is 374. The maximum atomic E-state index is 10.5. The summed E-state index contributed by atoms with van der Waals surface area (Å²) in [6.07, 6.45) is 0. The van der Waals surface area contributed by atoms with Gasteiger partial charge in [0.2, 0.25) is 0 Å². The van der Waals surface area contributed by atoms with Crippen LogP contribution in [0.2, 0.25) is 0 Å². The molecule has 0 fully saturated rings. The van der Waals surface area contributed by atoms with E-state index in [1.165, 1.54) is 0 Å². The van der Waals surface area contributed by atoms with E-state index >= 15 is 0 Å². The largest absolute Gasteiger partial charge is 0.309 e. The molecule has 10 aromatic rings. The number of anilines is 3. The molecule has 0 radical (unpaired) electrons. The molecule has 0 unspecified atom stereocenters. The Hall–Kier alpha value is -8.00. The minimum Gasteiger partial charge on any atom is -0.309 e. The first-order valence-corrected chi connectivity index (χ1v) is 18.9. The zero-order chi connectivity index (χ0) is 75.2. The van der Waals surface area contributed by atoms with Crippen molar-refractivity contribution in [3.63, 3.8) is 0 Å². The molecule has 1 nitrogen and oxygen atoms in total. The molecule has 0 N–H and O–H groups in total. The summed E-state index contributed by atoms with van der Waals surface area (Å²) in [5.41, 5.74) is -27.8. The van der Waals surface area contributed by atoms with Gasteiger partial charge in [0, 0.05) is 16.7 Å². The molecule has 4 aliphatic rings. The highest BCUT2D eigenvalue weighted by atomic mass is 15.2. The van der Waals surface area contributed by atoms with Gasteiger partial charge in [-0.3, -0.25) is 0 Å².